The fraction of sp³-hybridized carbons (Fsp3) is 0.562. The highest BCUT2D eigenvalue weighted by Crippen LogP contribution is 2.25. The number of rotatable bonds is 8. The number of carbonyl (C=O) groups is 1. The molecule has 1 aromatic carbocycles. The molecular weight excluding hydrogens is 298 g/mol. The van der Waals surface area contributed by atoms with Crippen LogP contribution in [-0.2, 0) is 4.79 Å². The summed E-state index contributed by atoms with van der Waals surface area (Å²) in [4.78, 5) is 24.8. The molecule has 0 bridgehead atoms. The first kappa shape index (κ1) is 17.2. The molecule has 7 heteroatoms. The number of hydrogen-bond donors (Lipinski definition) is 1. The third kappa shape index (κ3) is 4.66. The van der Waals surface area contributed by atoms with E-state index >= 15 is 0 Å². The molecule has 0 radical (unpaired) electrons. The lowest BCUT2D eigenvalue weighted by Gasteiger charge is -2.28. The van der Waals surface area contributed by atoms with Gasteiger partial charge in [0.25, 0.3) is 0 Å². The fourth-order valence-corrected chi connectivity index (χ4v) is 2.78. The van der Waals surface area contributed by atoms with Crippen molar-refractivity contribution in [1.29, 1.82) is 0 Å². The fourth-order valence-electron chi connectivity index (χ4n) is 2.78. The first-order valence-electron chi connectivity index (χ1n) is 8.00. The number of ether oxygens (including phenoxy) is 1. The number of nitrogens with one attached hydrogen (secondary N) is 1. The Hall–Kier alpha value is -2.15. The van der Waals surface area contributed by atoms with E-state index in [4.69, 9.17) is 4.74 Å². The molecule has 1 N–H and O–H groups in total. The molecule has 1 amide bonds. The quantitative estimate of drug-likeness (QED) is 0.584. The largest absolute Gasteiger partial charge is 0.486 e. The molecule has 1 aliphatic rings. The molecule has 1 aliphatic heterocycles. The summed E-state index contributed by atoms with van der Waals surface area (Å²) in [6, 6.07) is 6.45. The Morgan fingerprint density at radius 1 is 1.48 bits per heavy atom. The molecule has 1 atom stereocenters. The standard InChI is InChI=1S/C16H23N3O4/c1-2-10-18(13-7-9-17-12-13)16(20)8-11-23-15-6-4-3-5-14(15)19(21)22/h3-6,13,17H,2,7-12H2,1H3. The molecule has 126 valence electrons. The zero-order chi connectivity index (χ0) is 16.7. The summed E-state index contributed by atoms with van der Waals surface area (Å²) in [5.74, 6) is 0.244. The lowest BCUT2D eigenvalue weighted by molar-refractivity contribution is -0.385. The number of nitro groups is 1. The number of nitro benzene ring substituents is 1. The van der Waals surface area contributed by atoms with Gasteiger partial charge in [0, 0.05) is 25.2 Å². The Labute approximate surface area is 135 Å². The third-order valence-electron chi connectivity index (χ3n) is 3.90. The van der Waals surface area contributed by atoms with E-state index in [1.807, 2.05) is 11.8 Å². The smallest absolute Gasteiger partial charge is 0.310 e. The van der Waals surface area contributed by atoms with Crippen molar-refractivity contribution in [2.24, 2.45) is 0 Å². The second kappa shape index (κ2) is 8.47. The molecule has 2 rings (SSSR count). The second-order valence-electron chi connectivity index (χ2n) is 5.56. The second-order valence-corrected chi connectivity index (χ2v) is 5.56. The van der Waals surface area contributed by atoms with E-state index in [0.717, 1.165) is 32.5 Å². The first-order valence-corrected chi connectivity index (χ1v) is 8.00. The van der Waals surface area contributed by atoms with E-state index in [9.17, 15) is 14.9 Å². The van der Waals surface area contributed by atoms with E-state index in [0.29, 0.717) is 0 Å². The van der Waals surface area contributed by atoms with Crippen molar-refractivity contribution in [3.63, 3.8) is 0 Å². The number of para-hydroxylation sites is 2. The van der Waals surface area contributed by atoms with Crippen LogP contribution in [0, 0.1) is 10.1 Å². The van der Waals surface area contributed by atoms with Crippen molar-refractivity contribution in [1.82, 2.24) is 10.2 Å². The van der Waals surface area contributed by atoms with Crippen molar-refractivity contribution >= 4 is 11.6 Å². The van der Waals surface area contributed by atoms with Crippen LogP contribution in [-0.4, -0.2) is 48.0 Å². The number of carbonyl (C=O) groups excluding carboxylic acids is 1. The van der Waals surface area contributed by atoms with Crippen molar-refractivity contribution in [3.05, 3.63) is 34.4 Å². The van der Waals surface area contributed by atoms with Crippen LogP contribution in [0.1, 0.15) is 26.2 Å². The Morgan fingerprint density at radius 3 is 2.91 bits per heavy atom. The van der Waals surface area contributed by atoms with Gasteiger partial charge in [-0.3, -0.25) is 14.9 Å². The minimum atomic E-state index is -0.481. The summed E-state index contributed by atoms with van der Waals surface area (Å²) in [6.07, 6.45) is 2.10. The van der Waals surface area contributed by atoms with Crippen molar-refractivity contribution in [2.45, 2.75) is 32.2 Å². The highest BCUT2D eigenvalue weighted by atomic mass is 16.6. The van der Waals surface area contributed by atoms with Crippen LogP contribution in [0.2, 0.25) is 0 Å². The van der Waals surface area contributed by atoms with E-state index < -0.39 is 4.92 Å². The van der Waals surface area contributed by atoms with Gasteiger partial charge >= 0.3 is 5.69 Å². The SMILES string of the molecule is CCCN(C(=O)CCOc1ccccc1[N+](=O)[O-])C1CCNC1. The molecule has 0 saturated carbocycles. The molecule has 1 saturated heterocycles. The number of nitrogens with zero attached hydrogens (tertiary/aromatic N) is 2. The molecular formula is C16H23N3O4. The first-order chi connectivity index (χ1) is 11.1. The lowest BCUT2D eigenvalue weighted by atomic mass is 10.2. The molecule has 0 aliphatic carbocycles. The maximum Gasteiger partial charge on any atom is 0.310 e. The highest BCUT2D eigenvalue weighted by molar-refractivity contribution is 5.76. The molecule has 0 aromatic heterocycles. The zero-order valence-electron chi connectivity index (χ0n) is 13.4. The average molecular weight is 321 g/mol. The van der Waals surface area contributed by atoms with Gasteiger partial charge in [0.2, 0.25) is 5.91 Å². The van der Waals surface area contributed by atoms with Crippen molar-refractivity contribution in [3.8, 4) is 5.75 Å². The van der Waals surface area contributed by atoms with Gasteiger partial charge in [-0.2, -0.15) is 0 Å². The number of hydrogen-bond acceptors (Lipinski definition) is 5. The summed E-state index contributed by atoms with van der Waals surface area (Å²) in [7, 11) is 0. The molecule has 0 spiro atoms. The topological polar surface area (TPSA) is 84.7 Å². The van der Waals surface area contributed by atoms with Gasteiger partial charge in [-0.15, -0.1) is 0 Å². The minimum absolute atomic E-state index is 0.0409. The van der Waals surface area contributed by atoms with Gasteiger partial charge in [0.1, 0.15) is 0 Å². The van der Waals surface area contributed by atoms with Gasteiger partial charge in [0.05, 0.1) is 18.0 Å². The Kier molecular flexibility index (Phi) is 6.34. The van der Waals surface area contributed by atoms with Gasteiger partial charge in [-0.1, -0.05) is 19.1 Å². The van der Waals surface area contributed by atoms with Gasteiger partial charge in [-0.05, 0) is 25.5 Å². The van der Waals surface area contributed by atoms with Crippen LogP contribution in [0.15, 0.2) is 24.3 Å². The molecule has 23 heavy (non-hydrogen) atoms. The average Bonchev–Trinajstić information content (AvgIpc) is 3.06. The molecule has 7 nitrogen and oxygen atoms in total. The summed E-state index contributed by atoms with van der Waals surface area (Å²) in [6.45, 7) is 4.69. The van der Waals surface area contributed by atoms with Gasteiger partial charge in [-0.25, -0.2) is 0 Å². The summed E-state index contributed by atoms with van der Waals surface area (Å²) in [5.41, 5.74) is -0.0784. The molecule has 1 unspecified atom stereocenters. The van der Waals surface area contributed by atoms with Crippen molar-refractivity contribution < 1.29 is 14.5 Å². The van der Waals surface area contributed by atoms with Gasteiger partial charge < -0.3 is 15.0 Å². The molecule has 1 heterocycles. The van der Waals surface area contributed by atoms with E-state index in [1.54, 1.807) is 18.2 Å². The van der Waals surface area contributed by atoms with Crippen LogP contribution in [0.25, 0.3) is 0 Å². The Balaban J connectivity index is 1.89. The minimum Gasteiger partial charge on any atom is -0.486 e. The van der Waals surface area contributed by atoms with Crippen molar-refractivity contribution in [2.75, 3.05) is 26.2 Å². The van der Waals surface area contributed by atoms with Crippen LogP contribution in [0.4, 0.5) is 5.69 Å². The summed E-state index contributed by atoms with van der Waals surface area (Å²) >= 11 is 0. The van der Waals surface area contributed by atoms with E-state index in [-0.39, 0.29) is 36.4 Å². The maximum atomic E-state index is 12.4. The Morgan fingerprint density at radius 2 is 2.26 bits per heavy atom. The van der Waals surface area contributed by atoms with E-state index in [2.05, 4.69) is 5.32 Å². The van der Waals surface area contributed by atoms with Crippen LogP contribution in [0.5, 0.6) is 5.75 Å². The Bertz CT molecular complexity index is 544. The normalized spacial score (nSPS) is 17.0. The summed E-state index contributed by atoms with van der Waals surface area (Å²) < 4.78 is 5.46. The van der Waals surface area contributed by atoms with Crippen LogP contribution >= 0.6 is 0 Å². The van der Waals surface area contributed by atoms with E-state index in [1.165, 1.54) is 6.07 Å². The maximum absolute atomic E-state index is 12.4. The lowest BCUT2D eigenvalue weighted by Crippen LogP contribution is -2.42. The third-order valence-corrected chi connectivity index (χ3v) is 3.90. The van der Waals surface area contributed by atoms with Crippen LogP contribution in [0.3, 0.4) is 0 Å². The predicted octanol–water partition coefficient (Wildman–Crippen LogP) is 1.96. The molecule has 1 fully saturated rings. The predicted molar refractivity (Wildman–Crippen MR) is 86.5 cm³/mol. The number of amides is 1. The number of benzene rings is 1. The monoisotopic (exact) mass is 321 g/mol. The van der Waals surface area contributed by atoms with Gasteiger partial charge in [0.15, 0.2) is 5.75 Å². The zero-order valence-corrected chi connectivity index (χ0v) is 13.4. The van der Waals surface area contributed by atoms with Crippen LogP contribution < -0.4 is 10.1 Å². The summed E-state index contributed by atoms with van der Waals surface area (Å²) in [5, 5.41) is 14.2. The highest BCUT2D eigenvalue weighted by Gasteiger charge is 2.25. The molecule has 1 aromatic rings.